The van der Waals surface area contributed by atoms with Crippen molar-refractivity contribution in [1.82, 2.24) is 0 Å². The number of hydrogen-bond acceptors (Lipinski definition) is 5. The first-order valence-corrected chi connectivity index (χ1v) is 8.49. The fourth-order valence-electron chi connectivity index (χ4n) is 1.75. The van der Waals surface area contributed by atoms with E-state index >= 15 is 0 Å². The summed E-state index contributed by atoms with van der Waals surface area (Å²) in [6, 6.07) is 4.10. The van der Waals surface area contributed by atoms with Crippen molar-refractivity contribution in [3.63, 3.8) is 0 Å². The van der Waals surface area contributed by atoms with Crippen LogP contribution in [0.3, 0.4) is 0 Å². The van der Waals surface area contributed by atoms with Crippen LogP contribution in [0.1, 0.15) is 30.7 Å². The molecule has 1 rings (SSSR count). The lowest BCUT2D eigenvalue weighted by molar-refractivity contribution is -0.00892. The Labute approximate surface area is 133 Å². The minimum absolute atomic E-state index is 0.00837. The van der Waals surface area contributed by atoms with Gasteiger partial charge in [0, 0.05) is 31.2 Å². The molecule has 2 unspecified atom stereocenters. The molecule has 0 amide bonds. The zero-order valence-corrected chi connectivity index (χ0v) is 14.5. The van der Waals surface area contributed by atoms with Crippen LogP contribution >= 0.6 is 27.3 Å². The molecular formula is C14H24BrNO3S. The fourth-order valence-corrected chi connectivity index (χ4v) is 3.30. The van der Waals surface area contributed by atoms with E-state index in [1.54, 1.807) is 18.4 Å². The van der Waals surface area contributed by atoms with Crippen LogP contribution in [0.5, 0.6) is 0 Å². The molecule has 0 spiro atoms. The van der Waals surface area contributed by atoms with Crippen LogP contribution in [-0.4, -0.2) is 39.6 Å². The van der Waals surface area contributed by atoms with Crippen LogP contribution in [0, 0.1) is 0 Å². The standard InChI is InChI=1S/C14H24BrNO3S/c1-3-11(16)14(12-5-6-13(15)20-12)19-10-9-18-8-4-7-17-2/h5-6,11,14H,3-4,7-10,16H2,1-2H3. The molecule has 0 aliphatic carbocycles. The van der Waals surface area contributed by atoms with E-state index in [0.717, 1.165) is 28.1 Å². The zero-order valence-electron chi connectivity index (χ0n) is 12.1. The molecule has 1 aromatic rings. The largest absolute Gasteiger partial charge is 0.385 e. The number of nitrogens with two attached hydrogens (primary N) is 1. The second-order valence-corrected chi connectivity index (χ2v) is 6.96. The third-order valence-electron chi connectivity index (χ3n) is 2.90. The van der Waals surface area contributed by atoms with Crippen molar-refractivity contribution in [2.24, 2.45) is 5.73 Å². The van der Waals surface area contributed by atoms with Gasteiger partial charge in [0.25, 0.3) is 0 Å². The van der Waals surface area contributed by atoms with Crippen molar-refractivity contribution in [2.75, 3.05) is 33.5 Å². The summed E-state index contributed by atoms with van der Waals surface area (Å²) >= 11 is 5.14. The predicted octanol–water partition coefficient (Wildman–Crippen LogP) is 3.36. The molecule has 0 radical (unpaired) electrons. The molecule has 6 heteroatoms. The molecule has 0 bridgehead atoms. The normalized spacial score (nSPS) is 14.4. The van der Waals surface area contributed by atoms with Gasteiger partial charge in [0.2, 0.25) is 0 Å². The quantitative estimate of drug-likeness (QED) is 0.610. The zero-order chi connectivity index (χ0) is 14.8. The van der Waals surface area contributed by atoms with E-state index < -0.39 is 0 Å². The van der Waals surface area contributed by atoms with E-state index in [-0.39, 0.29) is 12.1 Å². The van der Waals surface area contributed by atoms with Gasteiger partial charge in [-0.05, 0) is 40.9 Å². The summed E-state index contributed by atoms with van der Waals surface area (Å²) < 4.78 is 17.5. The van der Waals surface area contributed by atoms with Gasteiger partial charge in [0.15, 0.2) is 0 Å². The lowest BCUT2D eigenvalue weighted by Crippen LogP contribution is -2.29. The Hall–Kier alpha value is 0.0200. The van der Waals surface area contributed by atoms with Crippen LogP contribution in [-0.2, 0) is 14.2 Å². The van der Waals surface area contributed by atoms with Crippen LogP contribution in [0.25, 0.3) is 0 Å². The van der Waals surface area contributed by atoms with Crippen molar-refractivity contribution >= 4 is 27.3 Å². The highest BCUT2D eigenvalue weighted by Crippen LogP contribution is 2.31. The van der Waals surface area contributed by atoms with E-state index in [9.17, 15) is 0 Å². The van der Waals surface area contributed by atoms with E-state index in [4.69, 9.17) is 19.9 Å². The van der Waals surface area contributed by atoms with Gasteiger partial charge >= 0.3 is 0 Å². The summed E-state index contributed by atoms with van der Waals surface area (Å²) in [6.45, 7) is 4.65. The van der Waals surface area contributed by atoms with Gasteiger partial charge in [-0.15, -0.1) is 11.3 Å². The maximum absolute atomic E-state index is 6.15. The molecule has 116 valence electrons. The Balaban J connectivity index is 2.31. The van der Waals surface area contributed by atoms with Gasteiger partial charge in [0.1, 0.15) is 6.10 Å². The van der Waals surface area contributed by atoms with E-state index in [0.29, 0.717) is 19.8 Å². The maximum Gasteiger partial charge on any atom is 0.107 e. The number of rotatable bonds is 11. The molecule has 2 N–H and O–H groups in total. The monoisotopic (exact) mass is 365 g/mol. The SMILES string of the molecule is CCC(N)C(OCCOCCCOC)c1ccc(Br)s1. The van der Waals surface area contributed by atoms with Crippen molar-refractivity contribution in [1.29, 1.82) is 0 Å². The third-order valence-corrected chi connectivity index (χ3v) is 4.58. The molecule has 1 heterocycles. The molecule has 0 aromatic carbocycles. The fraction of sp³-hybridized carbons (Fsp3) is 0.714. The Morgan fingerprint density at radius 3 is 2.65 bits per heavy atom. The average molecular weight is 366 g/mol. The molecular weight excluding hydrogens is 342 g/mol. The Kier molecular flexibility index (Phi) is 9.67. The third kappa shape index (κ3) is 6.65. The minimum atomic E-state index is -0.0566. The van der Waals surface area contributed by atoms with Crippen LogP contribution in [0.15, 0.2) is 15.9 Å². The summed E-state index contributed by atoms with van der Waals surface area (Å²) in [5.41, 5.74) is 6.15. The molecule has 0 saturated heterocycles. The molecule has 0 aliphatic heterocycles. The summed E-state index contributed by atoms with van der Waals surface area (Å²) in [5, 5.41) is 0. The van der Waals surface area contributed by atoms with Gasteiger partial charge in [-0.2, -0.15) is 0 Å². The highest BCUT2D eigenvalue weighted by molar-refractivity contribution is 9.11. The van der Waals surface area contributed by atoms with Gasteiger partial charge in [-0.25, -0.2) is 0 Å². The molecule has 20 heavy (non-hydrogen) atoms. The van der Waals surface area contributed by atoms with E-state index in [2.05, 4.69) is 28.9 Å². The molecule has 0 saturated carbocycles. The smallest absolute Gasteiger partial charge is 0.107 e. The molecule has 2 atom stereocenters. The molecule has 1 aromatic heterocycles. The number of thiophene rings is 1. The van der Waals surface area contributed by atoms with Gasteiger partial charge in [-0.1, -0.05) is 6.92 Å². The Bertz CT molecular complexity index is 362. The first-order valence-electron chi connectivity index (χ1n) is 6.88. The summed E-state index contributed by atoms with van der Waals surface area (Å²) in [6.07, 6.45) is 1.74. The Morgan fingerprint density at radius 1 is 1.25 bits per heavy atom. The Morgan fingerprint density at radius 2 is 2.05 bits per heavy atom. The van der Waals surface area contributed by atoms with Gasteiger partial charge < -0.3 is 19.9 Å². The average Bonchev–Trinajstić information content (AvgIpc) is 2.87. The van der Waals surface area contributed by atoms with E-state index in [1.807, 2.05) is 6.07 Å². The molecule has 4 nitrogen and oxygen atoms in total. The predicted molar refractivity (Wildman–Crippen MR) is 86.3 cm³/mol. The lowest BCUT2D eigenvalue weighted by atomic mass is 10.1. The second-order valence-electron chi connectivity index (χ2n) is 4.46. The van der Waals surface area contributed by atoms with Crippen molar-refractivity contribution < 1.29 is 14.2 Å². The second kappa shape index (κ2) is 10.7. The topological polar surface area (TPSA) is 53.7 Å². The number of hydrogen-bond donors (Lipinski definition) is 1. The van der Waals surface area contributed by atoms with Crippen LogP contribution in [0.2, 0.25) is 0 Å². The van der Waals surface area contributed by atoms with Gasteiger partial charge in [-0.3, -0.25) is 0 Å². The number of methoxy groups -OCH3 is 1. The first kappa shape index (κ1) is 18.1. The van der Waals surface area contributed by atoms with Crippen molar-refractivity contribution in [3.05, 3.63) is 20.8 Å². The van der Waals surface area contributed by atoms with Crippen LogP contribution < -0.4 is 5.73 Å². The minimum Gasteiger partial charge on any atom is -0.385 e. The summed E-state index contributed by atoms with van der Waals surface area (Å²) in [5.74, 6) is 0. The first-order chi connectivity index (χ1) is 9.69. The summed E-state index contributed by atoms with van der Waals surface area (Å²) in [7, 11) is 1.69. The summed E-state index contributed by atoms with van der Waals surface area (Å²) in [4.78, 5) is 1.16. The van der Waals surface area contributed by atoms with Gasteiger partial charge in [0.05, 0.1) is 17.0 Å². The molecule has 0 aliphatic rings. The molecule has 0 fully saturated rings. The van der Waals surface area contributed by atoms with Crippen molar-refractivity contribution in [3.8, 4) is 0 Å². The maximum atomic E-state index is 6.15. The number of halogens is 1. The lowest BCUT2D eigenvalue weighted by Gasteiger charge is -2.22. The van der Waals surface area contributed by atoms with Crippen molar-refractivity contribution in [2.45, 2.75) is 31.9 Å². The highest BCUT2D eigenvalue weighted by atomic mass is 79.9. The van der Waals surface area contributed by atoms with Crippen LogP contribution in [0.4, 0.5) is 0 Å². The highest BCUT2D eigenvalue weighted by Gasteiger charge is 2.20. The number of ether oxygens (including phenoxy) is 3. The van der Waals surface area contributed by atoms with E-state index in [1.165, 1.54) is 0 Å².